The summed E-state index contributed by atoms with van der Waals surface area (Å²) >= 11 is 1.62. The van der Waals surface area contributed by atoms with Crippen LogP contribution in [0.4, 0.5) is 5.95 Å². The smallest absolute Gasteiger partial charge is 0.303 e. The number of fused-ring (bicyclic) bond motifs is 1. The fraction of sp³-hybridized carbons (Fsp3) is 0.474. The second-order valence-corrected chi connectivity index (χ2v) is 7.96. The Balaban J connectivity index is 1.32. The Morgan fingerprint density at radius 1 is 1.17 bits per heavy atom. The van der Waals surface area contributed by atoms with Crippen molar-refractivity contribution in [1.82, 2.24) is 15.3 Å². The molecule has 29 heavy (non-hydrogen) atoms. The average Bonchev–Trinajstić information content (AvgIpc) is 3.42. The van der Waals surface area contributed by atoms with E-state index in [1.54, 1.807) is 17.5 Å². The molecule has 2 aliphatic rings. The van der Waals surface area contributed by atoms with E-state index in [0.717, 1.165) is 10.6 Å². The summed E-state index contributed by atoms with van der Waals surface area (Å²) in [6, 6.07) is 5.49. The predicted octanol–water partition coefficient (Wildman–Crippen LogP) is 1.52. The second kappa shape index (κ2) is 8.85. The van der Waals surface area contributed by atoms with Crippen molar-refractivity contribution in [2.45, 2.75) is 43.6 Å². The van der Waals surface area contributed by atoms with E-state index >= 15 is 0 Å². The molecule has 2 saturated heterocycles. The number of hydrogen-bond acceptors (Lipinski definition) is 8. The Labute approximate surface area is 171 Å². The number of carbonyl (C=O) groups excluding carboxylic acids is 1. The van der Waals surface area contributed by atoms with Gasteiger partial charge in [0.25, 0.3) is 0 Å². The first-order chi connectivity index (χ1) is 14.1. The molecule has 2 aromatic rings. The van der Waals surface area contributed by atoms with Gasteiger partial charge in [-0.05, 0) is 23.9 Å². The molecule has 154 valence electrons. The summed E-state index contributed by atoms with van der Waals surface area (Å²) in [5.41, 5.74) is 0.854. The Morgan fingerprint density at radius 3 is 2.72 bits per heavy atom. The normalized spacial score (nSPS) is 25.5. The highest BCUT2D eigenvalue weighted by Gasteiger charge is 2.48. The van der Waals surface area contributed by atoms with Gasteiger partial charge >= 0.3 is 5.97 Å². The minimum atomic E-state index is -0.902. The Kier molecular flexibility index (Phi) is 6.02. The lowest BCUT2D eigenvalue weighted by molar-refractivity contribution is -0.137. The molecule has 9 nitrogen and oxygen atoms in total. The van der Waals surface area contributed by atoms with Gasteiger partial charge < -0.3 is 25.2 Å². The number of carbonyl (C=O) groups is 2. The fourth-order valence-corrected chi connectivity index (χ4v) is 4.28. The van der Waals surface area contributed by atoms with E-state index in [1.807, 2.05) is 23.6 Å². The van der Waals surface area contributed by atoms with Gasteiger partial charge in [0.1, 0.15) is 12.2 Å². The van der Waals surface area contributed by atoms with Gasteiger partial charge in [0, 0.05) is 19.0 Å². The lowest BCUT2D eigenvalue weighted by atomic mass is 10.1. The standard InChI is InChI=1S/C19H22N4O5S/c24-15(4-1-5-16(25)26)21-12-9-27-18-13(10-28-17(12)18)23-19-20-7-6-11(22-19)14-3-2-8-29-14/h2-3,6-8,12-13,17-18H,1,4-5,9-10H2,(H,21,24)(H,25,26)(H,20,22,23)/t12-,13-,17+,18+/m0/s1. The van der Waals surface area contributed by atoms with E-state index in [4.69, 9.17) is 14.6 Å². The van der Waals surface area contributed by atoms with Crippen LogP contribution in [0.5, 0.6) is 0 Å². The summed E-state index contributed by atoms with van der Waals surface area (Å²) < 4.78 is 11.7. The highest BCUT2D eigenvalue weighted by atomic mass is 32.1. The van der Waals surface area contributed by atoms with Gasteiger partial charge in [-0.3, -0.25) is 9.59 Å². The summed E-state index contributed by atoms with van der Waals surface area (Å²) in [5.74, 6) is -0.581. The van der Waals surface area contributed by atoms with Crippen molar-refractivity contribution in [3.05, 3.63) is 29.8 Å². The molecule has 0 aromatic carbocycles. The third kappa shape index (κ3) is 4.72. The second-order valence-electron chi connectivity index (χ2n) is 7.01. The minimum absolute atomic E-state index is 0.0202. The van der Waals surface area contributed by atoms with Crippen LogP contribution in [-0.2, 0) is 19.1 Å². The number of rotatable bonds is 8. The van der Waals surface area contributed by atoms with Crippen molar-refractivity contribution in [3.8, 4) is 10.6 Å². The number of nitrogens with one attached hydrogen (secondary N) is 2. The van der Waals surface area contributed by atoms with Gasteiger partial charge in [0.05, 0.1) is 35.9 Å². The van der Waals surface area contributed by atoms with Crippen LogP contribution >= 0.6 is 11.3 Å². The summed E-state index contributed by atoms with van der Waals surface area (Å²) in [6.07, 6.45) is 1.71. The summed E-state index contributed by atoms with van der Waals surface area (Å²) in [4.78, 5) is 32.5. The van der Waals surface area contributed by atoms with E-state index in [0.29, 0.717) is 25.6 Å². The fourth-order valence-electron chi connectivity index (χ4n) is 3.58. The van der Waals surface area contributed by atoms with Gasteiger partial charge in [-0.15, -0.1) is 11.3 Å². The molecule has 4 atom stereocenters. The lowest BCUT2D eigenvalue weighted by Crippen LogP contribution is -2.44. The highest BCUT2D eigenvalue weighted by molar-refractivity contribution is 7.13. The first kappa shape index (κ1) is 19.7. The molecule has 4 heterocycles. The molecule has 2 aromatic heterocycles. The van der Waals surface area contributed by atoms with Crippen LogP contribution in [0.15, 0.2) is 29.8 Å². The van der Waals surface area contributed by atoms with Crippen LogP contribution in [0.3, 0.4) is 0 Å². The molecule has 0 spiro atoms. The van der Waals surface area contributed by atoms with Gasteiger partial charge in [-0.25, -0.2) is 9.97 Å². The number of aromatic nitrogens is 2. The largest absolute Gasteiger partial charge is 0.481 e. The predicted molar refractivity (Wildman–Crippen MR) is 106 cm³/mol. The maximum Gasteiger partial charge on any atom is 0.303 e. The van der Waals surface area contributed by atoms with Crippen molar-refractivity contribution in [2.24, 2.45) is 0 Å². The topological polar surface area (TPSA) is 123 Å². The van der Waals surface area contributed by atoms with E-state index in [1.165, 1.54) is 0 Å². The monoisotopic (exact) mass is 418 g/mol. The van der Waals surface area contributed by atoms with Crippen LogP contribution in [0.2, 0.25) is 0 Å². The van der Waals surface area contributed by atoms with Gasteiger partial charge in [0.15, 0.2) is 0 Å². The number of thiophene rings is 1. The molecule has 3 N–H and O–H groups in total. The number of carboxylic acids is 1. The zero-order valence-corrected chi connectivity index (χ0v) is 16.4. The number of amides is 1. The molecule has 0 unspecified atom stereocenters. The van der Waals surface area contributed by atoms with E-state index < -0.39 is 5.97 Å². The third-order valence-electron chi connectivity index (χ3n) is 4.94. The number of hydrogen-bond donors (Lipinski definition) is 3. The quantitative estimate of drug-likeness (QED) is 0.590. The molecule has 0 aliphatic carbocycles. The first-order valence-electron chi connectivity index (χ1n) is 9.48. The lowest BCUT2D eigenvalue weighted by Gasteiger charge is -2.18. The molecule has 2 aliphatic heterocycles. The highest BCUT2D eigenvalue weighted by Crippen LogP contribution is 2.29. The Hall–Kier alpha value is -2.56. The maximum atomic E-state index is 12.0. The summed E-state index contributed by atoms with van der Waals surface area (Å²) in [6.45, 7) is 0.779. The van der Waals surface area contributed by atoms with E-state index in [9.17, 15) is 9.59 Å². The SMILES string of the molecule is O=C(O)CCCC(=O)N[C@H]1CO[C@H]2[C@@H]1OC[C@@H]2Nc1nccc(-c2cccs2)n1. The average molecular weight is 418 g/mol. The zero-order valence-electron chi connectivity index (χ0n) is 15.6. The Morgan fingerprint density at radius 2 is 1.97 bits per heavy atom. The number of aliphatic carboxylic acids is 1. The van der Waals surface area contributed by atoms with E-state index in [-0.39, 0.29) is 43.0 Å². The molecule has 1 amide bonds. The van der Waals surface area contributed by atoms with Crippen LogP contribution in [0.1, 0.15) is 19.3 Å². The molecule has 2 fully saturated rings. The number of anilines is 1. The third-order valence-corrected chi connectivity index (χ3v) is 5.83. The van der Waals surface area contributed by atoms with Crippen molar-refractivity contribution >= 4 is 29.2 Å². The Bertz CT molecular complexity index is 862. The number of nitrogens with zero attached hydrogens (tertiary/aromatic N) is 2. The molecule has 10 heteroatoms. The molecule has 0 bridgehead atoms. The molecular weight excluding hydrogens is 396 g/mol. The minimum Gasteiger partial charge on any atom is -0.481 e. The first-order valence-corrected chi connectivity index (χ1v) is 10.4. The molecule has 0 saturated carbocycles. The van der Waals surface area contributed by atoms with Crippen molar-refractivity contribution in [1.29, 1.82) is 0 Å². The van der Waals surface area contributed by atoms with Gasteiger partial charge in [0.2, 0.25) is 11.9 Å². The van der Waals surface area contributed by atoms with Gasteiger partial charge in [-0.1, -0.05) is 6.07 Å². The van der Waals surface area contributed by atoms with Crippen LogP contribution in [0.25, 0.3) is 10.6 Å². The molecule has 4 rings (SSSR count). The molecular formula is C19H22N4O5S. The van der Waals surface area contributed by atoms with Crippen LogP contribution in [-0.4, -0.2) is 64.5 Å². The van der Waals surface area contributed by atoms with E-state index in [2.05, 4.69) is 20.6 Å². The number of carboxylic acid groups (broad SMARTS) is 1. The van der Waals surface area contributed by atoms with Gasteiger partial charge in [-0.2, -0.15) is 0 Å². The maximum absolute atomic E-state index is 12.0. The summed E-state index contributed by atoms with van der Waals surface area (Å²) in [7, 11) is 0. The zero-order chi connectivity index (χ0) is 20.2. The molecule has 0 radical (unpaired) electrons. The number of ether oxygens (including phenoxy) is 2. The van der Waals surface area contributed by atoms with Crippen molar-refractivity contribution in [3.63, 3.8) is 0 Å². The van der Waals surface area contributed by atoms with Crippen molar-refractivity contribution in [2.75, 3.05) is 18.5 Å². The van der Waals surface area contributed by atoms with Crippen LogP contribution in [0, 0.1) is 0 Å². The van der Waals surface area contributed by atoms with Crippen molar-refractivity contribution < 1.29 is 24.2 Å². The van der Waals surface area contributed by atoms with Crippen LogP contribution < -0.4 is 10.6 Å². The summed E-state index contributed by atoms with van der Waals surface area (Å²) in [5, 5.41) is 16.9.